The maximum absolute atomic E-state index is 12.3. The van der Waals surface area contributed by atoms with Gasteiger partial charge in [-0.2, -0.15) is 0 Å². The van der Waals surface area contributed by atoms with Crippen molar-refractivity contribution in [3.8, 4) is 5.75 Å². The fraction of sp³-hybridized carbons (Fsp3) is 0.500. The number of para-hydroxylation sites is 1. The van der Waals surface area contributed by atoms with Gasteiger partial charge >= 0.3 is 0 Å². The largest absolute Gasteiger partial charge is 0.492 e. The highest BCUT2D eigenvalue weighted by atomic mass is 16.5. The Bertz CT molecular complexity index is 415. The second kappa shape index (κ2) is 5.32. The summed E-state index contributed by atoms with van der Waals surface area (Å²) in [6.45, 7) is 3.30. The molecule has 3 nitrogen and oxygen atoms in total. The van der Waals surface area contributed by atoms with Crippen molar-refractivity contribution in [1.29, 1.82) is 0 Å². The number of carbonyl (C=O) groups is 1. The van der Waals surface area contributed by atoms with Crippen molar-refractivity contribution in [2.45, 2.75) is 26.2 Å². The number of Topliss-reactive ketones (excluding diaryl/α,β-unsaturated/α-hetero) is 1. The quantitative estimate of drug-likeness (QED) is 0.793. The van der Waals surface area contributed by atoms with Crippen molar-refractivity contribution >= 4 is 5.78 Å². The summed E-state index contributed by atoms with van der Waals surface area (Å²) in [5.41, 5.74) is 7.36. The zero-order valence-corrected chi connectivity index (χ0v) is 10.2. The van der Waals surface area contributed by atoms with Crippen LogP contribution in [0.2, 0.25) is 0 Å². The van der Waals surface area contributed by atoms with Crippen molar-refractivity contribution in [3.63, 3.8) is 0 Å². The number of hydrogen-bond acceptors (Lipinski definition) is 3. The molecule has 0 radical (unpaired) electrons. The summed E-state index contributed by atoms with van der Waals surface area (Å²) in [7, 11) is 0. The van der Waals surface area contributed by atoms with Gasteiger partial charge in [0, 0.05) is 12.3 Å². The minimum Gasteiger partial charge on any atom is -0.492 e. The molecule has 1 unspecified atom stereocenters. The van der Waals surface area contributed by atoms with Gasteiger partial charge in [-0.05, 0) is 31.0 Å². The summed E-state index contributed by atoms with van der Waals surface area (Å²) >= 11 is 0. The Morgan fingerprint density at radius 2 is 2.35 bits per heavy atom. The van der Waals surface area contributed by atoms with Gasteiger partial charge < -0.3 is 10.5 Å². The zero-order valence-electron chi connectivity index (χ0n) is 10.2. The van der Waals surface area contributed by atoms with E-state index in [9.17, 15) is 4.79 Å². The average Bonchev–Trinajstić information content (AvgIpc) is 2.82. The number of nitrogens with two attached hydrogens (primary N) is 1. The fourth-order valence-electron chi connectivity index (χ4n) is 2.23. The van der Waals surface area contributed by atoms with E-state index in [-0.39, 0.29) is 11.7 Å². The van der Waals surface area contributed by atoms with Gasteiger partial charge in [-0.15, -0.1) is 0 Å². The van der Waals surface area contributed by atoms with Gasteiger partial charge in [-0.25, -0.2) is 0 Å². The van der Waals surface area contributed by atoms with E-state index < -0.39 is 0 Å². The van der Waals surface area contributed by atoms with Crippen molar-refractivity contribution in [2.24, 2.45) is 11.7 Å². The van der Waals surface area contributed by atoms with E-state index in [1.165, 1.54) is 0 Å². The van der Waals surface area contributed by atoms with Crippen molar-refractivity contribution in [3.05, 3.63) is 29.3 Å². The van der Waals surface area contributed by atoms with Crippen LogP contribution in [0.25, 0.3) is 0 Å². The van der Waals surface area contributed by atoms with Crippen LogP contribution in [0.5, 0.6) is 5.75 Å². The molecule has 0 fully saturated rings. The lowest BCUT2D eigenvalue weighted by atomic mass is 9.93. The topological polar surface area (TPSA) is 52.3 Å². The first-order valence-electron chi connectivity index (χ1n) is 6.23. The van der Waals surface area contributed by atoms with Crippen LogP contribution < -0.4 is 10.5 Å². The fourth-order valence-corrected chi connectivity index (χ4v) is 2.23. The first kappa shape index (κ1) is 12.1. The lowest BCUT2D eigenvalue weighted by Gasteiger charge is -2.12. The molecule has 0 bridgehead atoms. The SMILES string of the molecule is CC(CCCN)C(=O)c1cccc2c1OCC2. The Morgan fingerprint density at radius 1 is 1.53 bits per heavy atom. The lowest BCUT2D eigenvalue weighted by Crippen LogP contribution is -2.14. The number of rotatable bonds is 5. The second-order valence-corrected chi connectivity index (χ2v) is 4.59. The number of carbonyl (C=O) groups excluding carboxylic acids is 1. The molecule has 1 atom stereocenters. The summed E-state index contributed by atoms with van der Waals surface area (Å²) in [5.74, 6) is 1.00. The molecule has 0 saturated carbocycles. The molecule has 0 aliphatic carbocycles. The highest BCUT2D eigenvalue weighted by molar-refractivity contribution is 6.00. The van der Waals surface area contributed by atoms with Crippen LogP contribution in [0.3, 0.4) is 0 Å². The first-order valence-corrected chi connectivity index (χ1v) is 6.23. The van der Waals surface area contributed by atoms with Crippen LogP contribution >= 0.6 is 0 Å². The summed E-state index contributed by atoms with van der Waals surface area (Å²) in [5, 5.41) is 0. The maximum Gasteiger partial charge on any atom is 0.169 e. The molecule has 0 aromatic heterocycles. The third kappa shape index (κ3) is 2.50. The Labute approximate surface area is 102 Å². The molecular formula is C14H19NO2. The van der Waals surface area contributed by atoms with Gasteiger partial charge in [-0.3, -0.25) is 4.79 Å². The van der Waals surface area contributed by atoms with Crippen molar-refractivity contribution < 1.29 is 9.53 Å². The van der Waals surface area contributed by atoms with Gasteiger partial charge in [0.25, 0.3) is 0 Å². The Hall–Kier alpha value is -1.35. The molecule has 1 aliphatic rings. The predicted octanol–water partition coefficient (Wildman–Crippen LogP) is 2.18. The number of fused-ring (bicyclic) bond motifs is 1. The Kier molecular flexibility index (Phi) is 3.79. The number of ketones is 1. The van der Waals surface area contributed by atoms with Crippen LogP contribution in [0.4, 0.5) is 0 Å². The molecule has 17 heavy (non-hydrogen) atoms. The summed E-state index contributed by atoms with van der Waals surface area (Å²) in [6.07, 6.45) is 2.65. The van der Waals surface area contributed by atoms with Crippen molar-refractivity contribution in [2.75, 3.05) is 13.2 Å². The summed E-state index contributed by atoms with van der Waals surface area (Å²) in [4.78, 5) is 12.3. The molecular weight excluding hydrogens is 214 g/mol. The number of benzene rings is 1. The van der Waals surface area contributed by atoms with Gasteiger partial charge in [-0.1, -0.05) is 19.1 Å². The lowest BCUT2D eigenvalue weighted by molar-refractivity contribution is 0.0920. The third-order valence-corrected chi connectivity index (χ3v) is 3.27. The molecule has 2 N–H and O–H groups in total. The molecule has 3 heteroatoms. The molecule has 92 valence electrons. The van der Waals surface area contributed by atoms with E-state index in [0.717, 1.165) is 36.1 Å². The van der Waals surface area contributed by atoms with E-state index in [1.807, 2.05) is 25.1 Å². The molecule has 2 rings (SSSR count). The Morgan fingerprint density at radius 3 is 3.12 bits per heavy atom. The predicted molar refractivity (Wildman–Crippen MR) is 67.4 cm³/mol. The van der Waals surface area contributed by atoms with Crippen LogP contribution in [0.15, 0.2) is 18.2 Å². The maximum atomic E-state index is 12.3. The average molecular weight is 233 g/mol. The van der Waals surface area contributed by atoms with E-state index in [0.29, 0.717) is 13.2 Å². The van der Waals surface area contributed by atoms with E-state index in [4.69, 9.17) is 10.5 Å². The highest BCUT2D eigenvalue weighted by Crippen LogP contribution is 2.31. The van der Waals surface area contributed by atoms with E-state index in [2.05, 4.69) is 0 Å². The molecule has 0 saturated heterocycles. The van der Waals surface area contributed by atoms with E-state index in [1.54, 1.807) is 0 Å². The third-order valence-electron chi connectivity index (χ3n) is 3.27. The Balaban J connectivity index is 2.17. The molecule has 1 aliphatic heterocycles. The van der Waals surface area contributed by atoms with Crippen LogP contribution in [-0.4, -0.2) is 18.9 Å². The van der Waals surface area contributed by atoms with Gasteiger partial charge in [0.2, 0.25) is 0 Å². The standard InChI is InChI=1S/C14H19NO2/c1-10(4-3-8-15)13(16)12-6-2-5-11-7-9-17-14(11)12/h2,5-6,10H,3-4,7-9,15H2,1H3. The van der Waals surface area contributed by atoms with Crippen LogP contribution in [0.1, 0.15) is 35.7 Å². The minimum absolute atomic E-state index is 0.0225. The van der Waals surface area contributed by atoms with Crippen LogP contribution in [0, 0.1) is 5.92 Å². The highest BCUT2D eigenvalue weighted by Gasteiger charge is 2.23. The number of hydrogen-bond donors (Lipinski definition) is 1. The molecule has 0 amide bonds. The normalized spacial score (nSPS) is 15.2. The summed E-state index contributed by atoms with van der Waals surface area (Å²) < 4.78 is 5.56. The molecule has 1 heterocycles. The molecule has 1 aromatic rings. The monoisotopic (exact) mass is 233 g/mol. The molecule has 0 spiro atoms. The minimum atomic E-state index is 0.0225. The molecule has 1 aromatic carbocycles. The zero-order chi connectivity index (χ0) is 12.3. The van der Waals surface area contributed by atoms with Crippen molar-refractivity contribution in [1.82, 2.24) is 0 Å². The number of ether oxygens (including phenoxy) is 1. The second-order valence-electron chi connectivity index (χ2n) is 4.59. The van der Waals surface area contributed by atoms with Gasteiger partial charge in [0.1, 0.15) is 5.75 Å². The van der Waals surface area contributed by atoms with Gasteiger partial charge in [0.15, 0.2) is 5.78 Å². The smallest absolute Gasteiger partial charge is 0.169 e. The van der Waals surface area contributed by atoms with E-state index >= 15 is 0 Å². The van der Waals surface area contributed by atoms with Gasteiger partial charge in [0.05, 0.1) is 12.2 Å². The first-order chi connectivity index (χ1) is 8.24. The van der Waals surface area contributed by atoms with Crippen LogP contribution in [-0.2, 0) is 6.42 Å². The summed E-state index contributed by atoms with van der Waals surface area (Å²) in [6, 6.07) is 5.84.